The summed E-state index contributed by atoms with van der Waals surface area (Å²) in [6.45, 7) is 0. The van der Waals surface area contributed by atoms with Crippen LogP contribution in [0.5, 0.6) is 0 Å². The van der Waals surface area contributed by atoms with Gasteiger partial charge in [0.25, 0.3) is 0 Å². The third kappa shape index (κ3) is 0.824. The summed E-state index contributed by atoms with van der Waals surface area (Å²) >= 11 is 0. The molecule has 0 radical (unpaired) electrons. The zero-order valence-electron chi connectivity index (χ0n) is 4.20. The van der Waals surface area contributed by atoms with Crippen LogP contribution in [-0.2, 0) is 0 Å². The first-order valence-electron chi connectivity index (χ1n) is 2.16. The van der Waals surface area contributed by atoms with E-state index in [1.807, 2.05) is 0 Å². The van der Waals surface area contributed by atoms with Crippen LogP contribution in [-0.4, -0.2) is 9.97 Å². The Labute approximate surface area is 47.6 Å². The van der Waals surface area contributed by atoms with Crippen LogP contribution >= 0.6 is 0 Å². The van der Waals surface area contributed by atoms with Crippen LogP contribution in [0.4, 0.5) is 0 Å². The minimum Gasteiger partial charge on any atom is -0.245 e. The molecule has 38 valence electrons. The molecule has 0 aliphatic carbocycles. The van der Waals surface area contributed by atoms with E-state index in [1.54, 1.807) is 12.3 Å². The number of aromatic nitrogens is 2. The highest BCUT2D eigenvalue weighted by Gasteiger charge is 1.78. The lowest BCUT2D eigenvalue weighted by Crippen LogP contribution is -1.79. The molecule has 0 bridgehead atoms. The van der Waals surface area contributed by atoms with Crippen LogP contribution in [0.25, 0.3) is 0 Å². The zero-order chi connectivity index (χ0) is 5.82. The van der Waals surface area contributed by atoms with Crippen molar-refractivity contribution < 1.29 is 0 Å². The predicted molar refractivity (Wildman–Crippen MR) is 30.0 cm³/mol. The monoisotopic (exact) mass is 104 g/mol. The molecule has 8 heavy (non-hydrogen) atoms. The quantitative estimate of drug-likeness (QED) is 0.447. The largest absolute Gasteiger partial charge is 0.245 e. The smallest absolute Gasteiger partial charge is 0.116 e. The van der Waals surface area contributed by atoms with Crippen LogP contribution < -0.4 is 0 Å². The van der Waals surface area contributed by atoms with Gasteiger partial charge >= 0.3 is 0 Å². The fourth-order valence-electron chi connectivity index (χ4n) is 0.376. The van der Waals surface area contributed by atoms with Crippen molar-refractivity contribution in [2.24, 2.45) is 0 Å². The summed E-state index contributed by atoms with van der Waals surface area (Å²) in [6.07, 6.45) is 8.05. The number of hydrogen-bond acceptors (Lipinski definition) is 2. The Hall–Kier alpha value is -1.36. The van der Waals surface area contributed by atoms with Crippen LogP contribution in [0.15, 0.2) is 18.6 Å². The summed E-state index contributed by atoms with van der Waals surface area (Å²) in [7, 11) is 0. The Morgan fingerprint density at radius 3 is 2.88 bits per heavy atom. The van der Waals surface area contributed by atoms with E-state index in [0.717, 1.165) is 0 Å². The molecule has 0 unspecified atom stereocenters. The SMILES string of the molecule is C#Cc1ccncn1. The molecule has 0 atom stereocenters. The Kier molecular flexibility index (Phi) is 1.25. The number of terminal acetylenes is 1. The second-order valence-corrected chi connectivity index (χ2v) is 1.24. The average molecular weight is 104 g/mol. The van der Waals surface area contributed by atoms with Gasteiger partial charge in [-0.05, 0) is 6.07 Å². The zero-order valence-corrected chi connectivity index (χ0v) is 4.20. The summed E-state index contributed by atoms with van der Waals surface area (Å²) < 4.78 is 0. The normalized spacial score (nSPS) is 7.88. The molecule has 0 fully saturated rings. The molecule has 0 aliphatic rings. The van der Waals surface area contributed by atoms with E-state index in [9.17, 15) is 0 Å². The highest BCUT2D eigenvalue weighted by molar-refractivity contribution is 5.20. The van der Waals surface area contributed by atoms with Gasteiger partial charge in [-0.15, -0.1) is 6.42 Å². The van der Waals surface area contributed by atoms with Crippen LogP contribution in [0.2, 0.25) is 0 Å². The van der Waals surface area contributed by atoms with Gasteiger partial charge in [-0.2, -0.15) is 0 Å². The van der Waals surface area contributed by atoms with Crippen LogP contribution in [0.3, 0.4) is 0 Å². The lowest BCUT2D eigenvalue weighted by Gasteiger charge is -1.81. The second kappa shape index (κ2) is 2.08. The van der Waals surface area contributed by atoms with Gasteiger partial charge in [0.05, 0.1) is 0 Å². The molecule has 1 heterocycles. The molecular weight excluding hydrogens is 100 g/mol. The van der Waals surface area contributed by atoms with E-state index in [1.165, 1.54) is 6.33 Å². The summed E-state index contributed by atoms with van der Waals surface area (Å²) in [6, 6.07) is 1.68. The first-order valence-corrected chi connectivity index (χ1v) is 2.16. The average Bonchev–Trinajstić information content (AvgIpc) is 1.90. The van der Waals surface area contributed by atoms with Gasteiger partial charge in [0.2, 0.25) is 0 Å². The molecule has 1 rings (SSSR count). The molecule has 0 saturated carbocycles. The standard InChI is InChI=1S/C6H4N2/c1-2-6-3-4-7-5-8-6/h1,3-5H. The Bertz CT molecular complexity index is 198. The molecule has 1 aromatic heterocycles. The molecule has 0 spiro atoms. The summed E-state index contributed by atoms with van der Waals surface area (Å²) in [5.41, 5.74) is 0.625. The first kappa shape index (κ1) is 4.79. The Morgan fingerprint density at radius 2 is 2.50 bits per heavy atom. The number of hydrogen-bond donors (Lipinski definition) is 0. The summed E-state index contributed by atoms with van der Waals surface area (Å²) in [4.78, 5) is 7.44. The van der Waals surface area contributed by atoms with Gasteiger partial charge in [-0.1, -0.05) is 5.92 Å². The van der Waals surface area contributed by atoms with E-state index in [2.05, 4.69) is 15.9 Å². The minimum absolute atomic E-state index is 0.625. The maximum atomic E-state index is 5.01. The molecule has 0 aromatic carbocycles. The van der Waals surface area contributed by atoms with Crippen molar-refractivity contribution in [2.45, 2.75) is 0 Å². The predicted octanol–water partition coefficient (Wildman–Crippen LogP) is 0.458. The molecular formula is C6H4N2. The van der Waals surface area contributed by atoms with E-state index in [0.29, 0.717) is 5.69 Å². The molecule has 1 aromatic rings. The van der Waals surface area contributed by atoms with Gasteiger partial charge in [0.15, 0.2) is 0 Å². The molecule has 0 saturated heterocycles. The summed E-state index contributed by atoms with van der Waals surface area (Å²) in [5, 5.41) is 0. The third-order valence-electron chi connectivity index (χ3n) is 0.730. The van der Waals surface area contributed by atoms with Crippen molar-refractivity contribution in [2.75, 3.05) is 0 Å². The van der Waals surface area contributed by atoms with Gasteiger partial charge in [-0.25, -0.2) is 9.97 Å². The third-order valence-corrected chi connectivity index (χ3v) is 0.730. The van der Waals surface area contributed by atoms with Crippen LogP contribution in [0.1, 0.15) is 5.69 Å². The lowest BCUT2D eigenvalue weighted by molar-refractivity contribution is 1.15. The highest BCUT2D eigenvalue weighted by atomic mass is 14.8. The topological polar surface area (TPSA) is 25.8 Å². The fraction of sp³-hybridized carbons (Fsp3) is 0. The van der Waals surface area contributed by atoms with Gasteiger partial charge < -0.3 is 0 Å². The minimum atomic E-state index is 0.625. The van der Waals surface area contributed by atoms with E-state index in [-0.39, 0.29) is 0 Å². The highest BCUT2D eigenvalue weighted by Crippen LogP contribution is 1.83. The maximum Gasteiger partial charge on any atom is 0.116 e. The number of nitrogens with zero attached hydrogens (tertiary/aromatic N) is 2. The van der Waals surface area contributed by atoms with Crippen molar-refractivity contribution in [3.05, 3.63) is 24.3 Å². The van der Waals surface area contributed by atoms with Gasteiger partial charge in [-0.3, -0.25) is 0 Å². The van der Waals surface area contributed by atoms with Crippen LogP contribution in [0, 0.1) is 12.3 Å². The second-order valence-electron chi connectivity index (χ2n) is 1.24. The van der Waals surface area contributed by atoms with Crippen molar-refractivity contribution in [1.29, 1.82) is 0 Å². The Morgan fingerprint density at radius 1 is 1.62 bits per heavy atom. The van der Waals surface area contributed by atoms with E-state index in [4.69, 9.17) is 6.42 Å². The van der Waals surface area contributed by atoms with Crippen molar-refractivity contribution >= 4 is 0 Å². The molecule has 0 aliphatic heterocycles. The van der Waals surface area contributed by atoms with Gasteiger partial charge in [0.1, 0.15) is 12.0 Å². The summed E-state index contributed by atoms with van der Waals surface area (Å²) in [5.74, 6) is 2.38. The first-order chi connectivity index (χ1) is 3.93. The molecule has 2 heteroatoms. The Balaban J connectivity index is 3.05. The fourth-order valence-corrected chi connectivity index (χ4v) is 0.376. The van der Waals surface area contributed by atoms with Crippen molar-refractivity contribution in [1.82, 2.24) is 9.97 Å². The van der Waals surface area contributed by atoms with Gasteiger partial charge in [0, 0.05) is 6.20 Å². The van der Waals surface area contributed by atoms with E-state index >= 15 is 0 Å². The molecule has 2 nitrogen and oxygen atoms in total. The van der Waals surface area contributed by atoms with Crippen molar-refractivity contribution in [3.8, 4) is 12.3 Å². The molecule has 0 amide bonds. The number of rotatable bonds is 0. The molecule has 0 N–H and O–H groups in total. The lowest BCUT2D eigenvalue weighted by atomic mass is 10.4. The van der Waals surface area contributed by atoms with Crippen molar-refractivity contribution in [3.63, 3.8) is 0 Å². The maximum absolute atomic E-state index is 5.01. The van der Waals surface area contributed by atoms with E-state index < -0.39 is 0 Å².